The SMILES string of the molecule is C=C(C)C(=O)OC(CC)(CC)C(C)CCCC. The van der Waals surface area contributed by atoms with Crippen molar-refractivity contribution in [3.63, 3.8) is 0 Å². The Morgan fingerprint density at radius 1 is 1.29 bits per heavy atom. The number of ether oxygens (including phenoxy) is 1. The highest BCUT2D eigenvalue weighted by Crippen LogP contribution is 2.33. The van der Waals surface area contributed by atoms with E-state index in [1.54, 1.807) is 6.92 Å². The van der Waals surface area contributed by atoms with Crippen LogP contribution in [0.5, 0.6) is 0 Å². The Morgan fingerprint density at radius 3 is 2.18 bits per heavy atom. The number of carbonyl (C=O) groups excluding carboxylic acids is 1. The highest BCUT2D eigenvalue weighted by Gasteiger charge is 2.36. The maximum Gasteiger partial charge on any atom is 0.333 e. The van der Waals surface area contributed by atoms with Gasteiger partial charge in [0.25, 0.3) is 0 Å². The average molecular weight is 240 g/mol. The van der Waals surface area contributed by atoms with E-state index in [-0.39, 0.29) is 11.6 Å². The molecule has 0 heterocycles. The van der Waals surface area contributed by atoms with Crippen LogP contribution in [0, 0.1) is 5.92 Å². The Kier molecular flexibility index (Phi) is 7.17. The summed E-state index contributed by atoms with van der Waals surface area (Å²) in [5, 5.41) is 0. The van der Waals surface area contributed by atoms with Crippen LogP contribution in [0.25, 0.3) is 0 Å². The molecule has 2 heteroatoms. The first kappa shape index (κ1) is 16.2. The van der Waals surface area contributed by atoms with E-state index in [9.17, 15) is 4.79 Å². The zero-order chi connectivity index (χ0) is 13.5. The molecule has 0 N–H and O–H groups in total. The van der Waals surface area contributed by atoms with E-state index in [2.05, 4.69) is 34.3 Å². The molecule has 0 saturated heterocycles. The highest BCUT2D eigenvalue weighted by molar-refractivity contribution is 5.87. The lowest BCUT2D eigenvalue weighted by Crippen LogP contribution is -2.40. The topological polar surface area (TPSA) is 26.3 Å². The molecule has 0 radical (unpaired) electrons. The molecule has 0 bridgehead atoms. The fraction of sp³-hybridized carbons (Fsp3) is 0.800. The van der Waals surface area contributed by atoms with Crippen LogP contribution in [-0.4, -0.2) is 11.6 Å². The van der Waals surface area contributed by atoms with Gasteiger partial charge in [0, 0.05) is 5.57 Å². The minimum atomic E-state index is -0.314. The predicted molar refractivity (Wildman–Crippen MR) is 72.9 cm³/mol. The van der Waals surface area contributed by atoms with E-state index in [0.717, 1.165) is 19.3 Å². The van der Waals surface area contributed by atoms with Gasteiger partial charge in [-0.2, -0.15) is 0 Å². The van der Waals surface area contributed by atoms with Crippen LogP contribution in [0.15, 0.2) is 12.2 Å². The number of unbranched alkanes of at least 4 members (excludes halogenated alkanes) is 1. The maximum absolute atomic E-state index is 11.7. The molecular formula is C15H28O2. The van der Waals surface area contributed by atoms with Crippen LogP contribution in [0.1, 0.15) is 66.7 Å². The molecule has 1 atom stereocenters. The van der Waals surface area contributed by atoms with Crippen LogP contribution in [0.4, 0.5) is 0 Å². The van der Waals surface area contributed by atoms with Crippen molar-refractivity contribution < 1.29 is 9.53 Å². The zero-order valence-electron chi connectivity index (χ0n) is 12.1. The van der Waals surface area contributed by atoms with Crippen LogP contribution >= 0.6 is 0 Å². The van der Waals surface area contributed by atoms with Gasteiger partial charge >= 0.3 is 5.97 Å². The third kappa shape index (κ3) is 4.53. The second kappa shape index (κ2) is 7.52. The van der Waals surface area contributed by atoms with Crippen molar-refractivity contribution in [2.75, 3.05) is 0 Å². The van der Waals surface area contributed by atoms with Gasteiger partial charge in [-0.25, -0.2) is 4.79 Å². The van der Waals surface area contributed by atoms with E-state index in [1.807, 2.05) is 0 Å². The normalized spacial score (nSPS) is 13.2. The van der Waals surface area contributed by atoms with Gasteiger partial charge in [0.2, 0.25) is 0 Å². The Labute approximate surface area is 106 Å². The molecule has 0 spiro atoms. The molecule has 0 aliphatic carbocycles. The predicted octanol–water partition coefficient (Wildman–Crippen LogP) is 4.49. The first-order valence-electron chi connectivity index (χ1n) is 6.82. The monoisotopic (exact) mass is 240 g/mol. The lowest BCUT2D eigenvalue weighted by Gasteiger charge is -2.37. The summed E-state index contributed by atoms with van der Waals surface area (Å²) in [5.74, 6) is 0.151. The summed E-state index contributed by atoms with van der Waals surface area (Å²) in [7, 11) is 0. The lowest BCUT2D eigenvalue weighted by molar-refractivity contribution is -0.162. The molecule has 0 aliphatic heterocycles. The third-order valence-electron chi connectivity index (χ3n) is 3.73. The summed E-state index contributed by atoms with van der Waals surface area (Å²) in [6, 6.07) is 0. The molecule has 100 valence electrons. The Bertz CT molecular complexity index is 252. The summed E-state index contributed by atoms with van der Waals surface area (Å²) >= 11 is 0. The van der Waals surface area contributed by atoms with Crippen molar-refractivity contribution in [3.05, 3.63) is 12.2 Å². The van der Waals surface area contributed by atoms with Crippen LogP contribution in [0.3, 0.4) is 0 Å². The Hall–Kier alpha value is -0.790. The van der Waals surface area contributed by atoms with Gasteiger partial charge in [-0.15, -0.1) is 0 Å². The lowest BCUT2D eigenvalue weighted by atomic mass is 9.80. The van der Waals surface area contributed by atoms with Crippen LogP contribution in [0.2, 0.25) is 0 Å². The summed E-state index contributed by atoms with van der Waals surface area (Å²) in [6.07, 6.45) is 5.22. The van der Waals surface area contributed by atoms with E-state index < -0.39 is 0 Å². The fourth-order valence-electron chi connectivity index (χ4n) is 2.24. The van der Waals surface area contributed by atoms with Crippen molar-refractivity contribution in [1.82, 2.24) is 0 Å². The standard InChI is InChI=1S/C15H28O2/c1-7-10-11-13(6)15(8-2,9-3)17-14(16)12(4)5/h13H,4,7-11H2,1-3,5-6H3. The van der Waals surface area contributed by atoms with E-state index in [4.69, 9.17) is 4.74 Å². The summed E-state index contributed by atoms with van der Waals surface area (Å²) < 4.78 is 5.72. The minimum Gasteiger partial charge on any atom is -0.455 e. The van der Waals surface area contributed by atoms with E-state index in [1.165, 1.54) is 12.8 Å². The quantitative estimate of drug-likeness (QED) is 0.461. The third-order valence-corrected chi connectivity index (χ3v) is 3.73. The Morgan fingerprint density at radius 2 is 1.82 bits per heavy atom. The summed E-state index contributed by atoms with van der Waals surface area (Å²) in [5.41, 5.74) is 0.171. The molecule has 0 aromatic carbocycles. The molecule has 0 amide bonds. The van der Waals surface area contributed by atoms with E-state index in [0.29, 0.717) is 11.5 Å². The number of hydrogen-bond donors (Lipinski definition) is 0. The zero-order valence-corrected chi connectivity index (χ0v) is 12.1. The number of hydrogen-bond acceptors (Lipinski definition) is 2. The summed E-state index contributed by atoms with van der Waals surface area (Å²) in [4.78, 5) is 11.7. The van der Waals surface area contributed by atoms with Crippen molar-refractivity contribution >= 4 is 5.97 Å². The molecule has 0 aromatic rings. The van der Waals surface area contributed by atoms with Gasteiger partial charge in [-0.1, -0.05) is 47.1 Å². The minimum absolute atomic E-state index is 0.253. The van der Waals surface area contributed by atoms with Gasteiger partial charge in [0.05, 0.1) is 0 Å². The highest BCUT2D eigenvalue weighted by atomic mass is 16.6. The van der Waals surface area contributed by atoms with Gasteiger partial charge in [-0.3, -0.25) is 0 Å². The van der Waals surface area contributed by atoms with Gasteiger partial charge in [-0.05, 0) is 32.1 Å². The molecule has 17 heavy (non-hydrogen) atoms. The second-order valence-electron chi connectivity index (χ2n) is 4.99. The van der Waals surface area contributed by atoms with Crippen molar-refractivity contribution in [2.24, 2.45) is 5.92 Å². The molecule has 2 nitrogen and oxygen atoms in total. The van der Waals surface area contributed by atoms with Gasteiger partial charge in [0.1, 0.15) is 5.60 Å². The molecule has 0 saturated carbocycles. The fourth-order valence-corrected chi connectivity index (χ4v) is 2.24. The summed E-state index contributed by atoms with van der Waals surface area (Å²) in [6.45, 7) is 13.9. The average Bonchev–Trinajstić information content (AvgIpc) is 2.32. The van der Waals surface area contributed by atoms with Crippen LogP contribution in [-0.2, 0) is 9.53 Å². The van der Waals surface area contributed by atoms with Crippen molar-refractivity contribution in [3.8, 4) is 0 Å². The van der Waals surface area contributed by atoms with E-state index >= 15 is 0 Å². The smallest absolute Gasteiger partial charge is 0.333 e. The van der Waals surface area contributed by atoms with Crippen molar-refractivity contribution in [1.29, 1.82) is 0 Å². The van der Waals surface area contributed by atoms with Crippen molar-refractivity contribution in [2.45, 2.75) is 72.3 Å². The number of rotatable bonds is 8. The number of carbonyl (C=O) groups is 1. The van der Waals surface area contributed by atoms with Gasteiger partial charge < -0.3 is 4.74 Å². The first-order chi connectivity index (χ1) is 7.93. The van der Waals surface area contributed by atoms with Gasteiger partial charge in [0.15, 0.2) is 0 Å². The maximum atomic E-state index is 11.7. The Balaban J connectivity index is 4.75. The molecule has 0 aliphatic rings. The molecule has 0 rings (SSSR count). The largest absolute Gasteiger partial charge is 0.455 e. The second-order valence-corrected chi connectivity index (χ2v) is 4.99. The van der Waals surface area contributed by atoms with Crippen LogP contribution < -0.4 is 0 Å². The molecule has 0 aromatic heterocycles. The first-order valence-corrected chi connectivity index (χ1v) is 6.82. The molecular weight excluding hydrogens is 212 g/mol. The molecule has 0 fully saturated rings. The number of esters is 1. The molecule has 1 unspecified atom stereocenters.